The molecule has 1 aromatic heterocycles. The van der Waals surface area contributed by atoms with Gasteiger partial charge in [0.05, 0.1) is 19.1 Å². The van der Waals surface area contributed by atoms with Gasteiger partial charge in [-0.05, 0) is 42.1 Å². The Hall–Kier alpha value is -3.32. The molecular weight excluding hydrogens is 422 g/mol. The van der Waals surface area contributed by atoms with E-state index in [0.29, 0.717) is 36.8 Å². The molecule has 0 saturated carbocycles. The van der Waals surface area contributed by atoms with Crippen LogP contribution in [0.1, 0.15) is 16.9 Å². The maximum atomic E-state index is 12.8. The van der Waals surface area contributed by atoms with Crippen molar-refractivity contribution in [3.8, 4) is 17.2 Å². The number of hydrogen-bond donors (Lipinski definition) is 0. The van der Waals surface area contributed by atoms with E-state index in [0.717, 1.165) is 41.5 Å². The van der Waals surface area contributed by atoms with Crippen molar-refractivity contribution in [2.45, 2.75) is 12.8 Å². The Morgan fingerprint density at radius 2 is 1.97 bits per heavy atom. The number of benzene rings is 2. The topological polar surface area (TPSA) is 54.4 Å². The van der Waals surface area contributed by atoms with Crippen molar-refractivity contribution in [1.29, 1.82) is 0 Å². The van der Waals surface area contributed by atoms with E-state index in [1.807, 2.05) is 64.9 Å². The van der Waals surface area contributed by atoms with Crippen LogP contribution in [0.3, 0.4) is 0 Å². The summed E-state index contributed by atoms with van der Waals surface area (Å²) in [5, 5.41) is 2.02. The van der Waals surface area contributed by atoms with E-state index in [-0.39, 0.29) is 5.91 Å². The molecule has 32 heavy (non-hydrogen) atoms. The summed E-state index contributed by atoms with van der Waals surface area (Å²) in [7, 11) is 1.65. The Labute approximate surface area is 191 Å². The first-order valence-corrected chi connectivity index (χ1v) is 11.7. The van der Waals surface area contributed by atoms with E-state index in [2.05, 4.69) is 4.90 Å². The molecule has 0 bridgehead atoms. The number of fused-ring (bicyclic) bond motifs is 2. The van der Waals surface area contributed by atoms with E-state index < -0.39 is 0 Å². The fourth-order valence-corrected chi connectivity index (χ4v) is 4.87. The number of amidine groups is 1. The van der Waals surface area contributed by atoms with Crippen LogP contribution in [0.25, 0.3) is 0 Å². The molecule has 1 fully saturated rings. The highest BCUT2D eigenvalue weighted by Crippen LogP contribution is 2.42. The Morgan fingerprint density at radius 1 is 1.06 bits per heavy atom. The molecule has 0 radical (unpaired) electrons. The van der Waals surface area contributed by atoms with Gasteiger partial charge in [-0.3, -0.25) is 4.79 Å². The van der Waals surface area contributed by atoms with Gasteiger partial charge in [-0.25, -0.2) is 4.99 Å². The van der Waals surface area contributed by atoms with Crippen LogP contribution in [-0.4, -0.2) is 54.8 Å². The van der Waals surface area contributed by atoms with Crippen molar-refractivity contribution in [3.05, 3.63) is 70.4 Å². The van der Waals surface area contributed by atoms with Gasteiger partial charge in [-0.15, -0.1) is 11.3 Å². The van der Waals surface area contributed by atoms with E-state index in [4.69, 9.17) is 14.5 Å². The van der Waals surface area contributed by atoms with E-state index in [9.17, 15) is 4.79 Å². The average molecular weight is 448 g/mol. The summed E-state index contributed by atoms with van der Waals surface area (Å²) in [5.41, 5.74) is 1.69. The normalized spacial score (nSPS) is 15.6. The monoisotopic (exact) mass is 447 g/mol. The summed E-state index contributed by atoms with van der Waals surface area (Å²) in [4.78, 5) is 23.2. The third-order valence-electron chi connectivity index (χ3n) is 5.80. The van der Waals surface area contributed by atoms with E-state index >= 15 is 0 Å². The quantitative estimate of drug-likeness (QED) is 0.583. The first kappa shape index (κ1) is 20.6. The predicted molar refractivity (Wildman–Crippen MR) is 127 cm³/mol. The minimum Gasteiger partial charge on any atom is -0.493 e. The molecule has 0 N–H and O–H groups in total. The minimum atomic E-state index is 0.188. The lowest BCUT2D eigenvalue weighted by Gasteiger charge is -2.25. The second kappa shape index (κ2) is 9.04. The number of carbonyl (C=O) groups excluding carboxylic acids is 1. The maximum Gasteiger partial charge on any atom is 0.227 e. The SMILES string of the molecule is COc1cccc2c1Oc1ccccc1N=C2N1CCCN(C(=O)Cc2cccs2)CC1. The smallest absolute Gasteiger partial charge is 0.227 e. The van der Waals surface area contributed by atoms with Gasteiger partial charge in [0.15, 0.2) is 17.2 Å². The van der Waals surface area contributed by atoms with Crippen molar-refractivity contribution in [2.24, 2.45) is 4.99 Å². The first-order chi connectivity index (χ1) is 15.7. The molecule has 0 spiro atoms. The van der Waals surface area contributed by atoms with Gasteiger partial charge in [-0.2, -0.15) is 0 Å². The lowest BCUT2D eigenvalue weighted by molar-refractivity contribution is -0.130. The van der Waals surface area contributed by atoms with Crippen molar-refractivity contribution >= 4 is 28.8 Å². The van der Waals surface area contributed by atoms with Crippen LogP contribution in [0.2, 0.25) is 0 Å². The van der Waals surface area contributed by atoms with Crippen LogP contribution in [-0.2, 0) is 11.2 Å². The Balaban J connectivity index is 1.43. The zero-order valence-electron chi connectivity index (χ0n) is 18.0. The summed E-state index contributed by atoms with van der Waals surface area (Å²) in [5.74, 6) is 3.10. The summed E-state index contributed by atoms with van der Waals surface area (Å²) in [6.45, 7) is 2.96. The maximum absolute atomic E-state index is 12.8. The Kier molecular flexibility index (Phi) is 5.81. The lowest BCUT2D eigenvalue weighted by Crippen LogP contribution is -2.38. The number of nitrogens with zero attached hydrogens (tertiary/aromatic N) is 3. The van der Waals surface area contributed by atoms with Crippen molar-refractivity contribution in [1.82, 2.24) is 9.80 Å². The van der Waals surface area contributed by atoms with Gasteiger partial charge in [-0.1, -0.05) is 24.3 Å². The summed E-state index contributed by atoms with van der Waals surface area (Å²) in [6, 6.07) is 17.7. The number of para-hydroxylation sites is 3. The standard InChI is InChI=1S/C25H25N3O3S/c1-30-22-11-4-8-19-24(22)31-21-10-3-2-9-20(21)26-25(19)28-13-6-12-27(14-15-28)23(29)17-18-7-5-16-32-18/h2-5,7-11,16H,6,12-15,17H2,1H3. The number of ether oxygens (including phenoxy) is 2. The van der Waals surface area contributed by atoms with Crippen LogP contribution < -0.4 is 9.47 Å². The highest BCUT2D eigenvalue weighted by molar-refractivity contribution is 7.10. The number of aliphatic imine (C=N–C) groups is 1. The summed E-state index contributed by atoms with van der Waals surface area (Å²) >= 11 is 1.63. The van der Waals surface area contributed by atoms with Gasteiger partial charge >= 0.3 is 0 Å². The molecule has 3 heterocycles. The Bertz CT molecular complexity index is 1140. The number of carbonyl (C=O) groups is 1. The molecule has 1 amide bonds. The highest BCUT2D eigenvalue weighted by atomic mass is 32.1. The molecule has 164 valence electrons. The largest absolute Gasteiger partial charge is 0.493 e. The third kappa shape index (κ3) is 4.08. The average Bonchev–Trinajstić information content (AvgIpc) is 3.11. The molecule has 2 aliphatic heterocycles. The fourth-order valence-electron chi connectivity index (χ4n) is 4.17. The van der Waals surface area contributed by atoms with Gasteiger partial charge in [0.1, 0.15) is 11.5 Å². The molecule has 3 aromatic rings. The van der Waals surface area contributed by atoms with E-state index in [1.54, 1.807) is 18.4 Å². The molecule has 2 aliphatic rings. The lowest BCUT2D eigenvalue weighted by atomic mass is 10.1. The van der Waals surface area contributed by atoms with Crippen molar-refractivity contribution < 1.29 is 14.3 Å². The van der Waals surface area contributed by atoms with Gasteiger partial charge < -0.3 is 19.3 Å². The summed E-state index contributed by atoms with van der Waals surface area (Å²) < 4.78 is 11.9. The molecule has 1 saturated heterocycles. The van der Waals surface area contributed by atoms with Gasteiger partial charge in [0, 0.05) is 31.1 Å². The van der Waals surface area contributed by atoms with Crippen molar-refractivity contribution in [2.75, 3.05) is 33.3 Å². The molecule has 0 atom stereocenters. The second-order valence-electron chi connectivity index (χ2n) is 7.82. The fraction of sp³-hybridized carbons (Fsp3) is 0.280. The Morgan fingerprint density at radius 3 is 2.81 bits per heavy atom. The van der Waals surface area contributed by atoms with Crippen LogP contribution in [0.15, 0.2) is 65.0 Å². The number of methoxy groups -OCH3 is 1. The van der Waals surface area contributed by atoms with Gasteiger partial charge in [0.25, 0.3) is 0 Å². The molecular formula is C25H25N3O3S. The number of rotatable bonds is 3. The molecule has 5 rings (SSSR count). The molecule has 0 unspecified atom stereocenters. The molecule has 2 aromatic carbocycles. The number of amides is 1. The number of hydrogen-bond acceptors (Lipinski definition) is 6. The molecule has 6 nitrogen and oxygen atoms in total. The van der Waals surface area contributed by atoms with Crippen LogP contribution >= 0.6 is 11.3 Å². The van der Waals surface area contributed by atoms with Crippen LogP contribution in [0, 0.1) is 0 Å². The first-order valence-electron chi connectivity index (χ1n) is 10.8. The third-order valence-corrected chi connectivity index (χ3v) is 6.67. The molecule has 7 heteroatoms. The molecule has 0 aliphatic carbocycles. The zero-order chi connectivity index (χ0) is 21.9. The predicted octanol–water partition coefficient (Wildman–Crippen LogP) is 4.72. The van der Waals surface area contributed by atoms with Crippen molar-refractivity contribution in [3.63, 3.8) is 0 Å². The summed E-state index contributed by atoms with van der Waals surface area (Å²) in [6.07, 6.45) is 1.36. The van der Waals surface area contributed by atoms with Crippen LogP contribution in [0.5, 0.6) is 17.2 Å². The minimum absolute atomic E-state index is 0.188. The number of thiophene rings is 1. The van der Waals surface area contributed by atoms with E-state index in [1.165, 1.54) is 0 Å². The zero-order valence-corrected chi connectivity index (χ0v) is 18.8. The van der Waals surface area contributed by atoms with Crippen LogP contribution in [0.4, 0.5) is 5.69 Å². The highest BCUT2D eigenvalue weighted by Gasteiger charge is 2.27. The van der Waals surface area contributed by atoms with Gasteiger partial charge in [0.2, 0.25) is 5.91 Å². The second-order valence-corrected chi connectivity index (χ2v) is 8.85.